The van der Waals surface area contributed by atoms with E-state index in [1.165, 1.54) is 16.4 Å². The first-order chi connectivity index (χ1) is 15.9. The summed E-state index contributed by atoms with van der Waals surface area (Å²) in [7, 11) is -3.25. The molecule has 0 bridgehead atoms. The second-order valence-corrected chi connectivity index (χ2v) is 10.5. The zero-order chi connectivity index (χ0) is 23.2. The van der Waals surface area contributed by atoms with E-state index >= 15 is 0 Å². The van der Waals surface area contributed by atoms with Gasteiger partial charge in [-0.05, 0) is 56.5 Å². The van der Waals surface area contributed by atoms with E-state index in [9.17, 15) is 23.1 Å². The van der Waals surface area contributed by atoms with E-state index in [4.69, 9.17) is 4.42 Å². The Balaban J connectivity index is 1.13. The number of nitrogens with zero attached hydrogens (tertiary/aromatic N) is 3. The number of hydrogen-bond donors (Lipinski definition) is 2. The first-order valence-electron chi connectivity index (χ1n) is 11.1. The molecule has 10 heteroatoms. The average molecular weight is 476 g/mol. The molecule has 2 aliphatic heterocycles. The van der Waals surface area contributed by atoms with Crippen LogP contribution < -0.4 is 5.76 Å². The number of hydrogen-bond acceptors (Lipinski definition) is 6. The van der Waals surface area contributed by atoms with Crippen LogP contribution in [0.15, 0.2) is 56.6 Å². The van der Waals surface area contributed by atoms with Crippen molar-refractivity contribution < 1.29 is 22.7 Å². The summed E-state index contributed by atoms with van der Waals surface area (Å²) in [5.41, 5.74) is 1.26. The van der Waals surface area contributed by atoms with Crippen LogP contribution in [0.5, 0.6) is 0 Å². The number of benzene rings is 2. The normalized spacial score (nSPS) is 19.8. The van der Waals surface area contributed by atoms with Gasteiger partial charge in [0.1, 0.15) is 5.82 Å². The third-order valence-corrected chi connectivity index (χ3v) is 8.44. The zero-order valence-corrected chi connectivity index (χ0v) is 18.8. The summed E-state index contributed by atoms with van der Waals surface area (Å²) in [6, 6.07) is 10.8. The molecular weight excluding hydrogens is 449 g/mol. The van der Waals surface area contributed by atoms with E-state index in [1.807, 2.05) is 0 Å². The summed E-state index contributed by atoms with van der Waals surface area (Å²) in [5, 5.41) is 0. The van der Waals surface area contributed by atoms with Crippen molar-refractivity contribution in [3.63, 3.8) is 0 Å². The quantitative estimate of drug-likeness (QED) is 0.515. The van der Waals surface area contributed by atoms with Crippen LogP contribution in [0.3, 0.4) is 0 Å². The second kappa shape index (κ2) is 8.60. The molecule has 0 aliphatic carbocycles. The van der Waals surface area contributed by atoms with Gasteiger partial charge in [-0.3, -0.25) is 18.5 Å². The number of carbonyl (C=O) groups is 1. The highest BCUT2D eigenvalue weighted by Crippen LogP contribution is 2.58. The maximum Gasteiger partial charge on any atom is 0.420 e. The molecule has 1 amide bonds. The number of oxazole rings is 1. The maximum absolute atomic E-state index is 13.4. The molecule has 0 atom stereocenters. The lowest BCUT2D eigenvalue weighted by Crippen LogP contribution is -2.37. The fraction of sp³-hybridized carbons (Fsp3) is 0.391. The fourth-order valence-corrected chi connectivity index (χ4v) is 6.49. The molecule has 3 aromatic rings. The fourth-order valence-electron chi connectivity index (χ4n) is 4.83. The maximum atomic E-state index is 13.4. The van der Waals surface area contributed by atoms with Crippen molar-refractivity contribution in [2.75, 3.05) is 26.2 Å². The van der Waals surface area contributed by atoms with Crippen molar-refractivity contribution in [3.05, 3.63) is 64.4 Å². The van der Waals surface area contributed by atoms with Gasteiger partial charge >= 0.3 is 5.76 Å². The van der Waals surface area contributed by atoms with Crippen LogP contribution in [-0.2, 0) is 0 Å². The minimum absolute atomic E-state index is 0.00850. The van der Waals surface area contributed by atoms with Gasteiger partial charge in [-0.25, -0.2) is 13.5 Å². The standard InChI is InChI=1S/C23H26FN3O5S/c24-16-7-8-19-20(15-16)32-23(29)27(19)17-9-13-25(14-10-17)11-3-4-12-26-22(28)18-5-1-2-6-21(18)33(26,30)31/h1-2,5-8,15,17,30-31H,3-4,9-14H2. The monoisotopic (exact) mass is 475 g/mol. The summed E-state index contributed by atoms with van der Waals surface area (Å²) in [6.45, 7) is 2.74. The van der Waals surface area contributed by atoms with Gasteiger partial charge in [-0.15, -0.1) is 0 Å². The van der Waals surface area contributed by atoms with E-state index < -0.39 is 22.3 Å². The molecule has 0 radical (unpaired) electrons. The molecule has 0 unspecified atom stereocenters. The summed E-state index contributed by atoms with van der Waals surface area (Å²) in [5.74, 6) is -1.22. The number of amides is 1. The van der Waals surface area contributed by atoms with Gasteiger partial charge in [-0.1, -0.05) is 22.9 Å². The largest absolute Gasteiger partial charge is 0.420 e. The van der Waals surface area contributed by atoms with Gasteiger partial charge in [0.15, 0.2) is 5.58 Å². The Morgan fingerprint density at radius 2 is 1.76 bits per heavy atom. The molecule has 3 heterocycles. The van der Waals surface area contributed by atoms with E-state index in [-0.39, 0.29) is 17.5 Å². The number of piperidine rings is 1. The van der Waals surface area contributed by atoms with Crippen LogP contribution in [0.1, 0.15) is 42.1 Å². The zero-order valence-electron chi connectivity index (χ0n) is 18.0. The van der Waals surface area contributed by atoms with Crippen LogP contribution in [-0.4, -0.2) is 55.0 Å². The lowest BCUT2D eigenvalue weighted by atomic mass is 10.0. The Morgan fingerprint density at radius 1 is 1.03 bits per heavy atom. The number of halogens is 1. The van der Waals surface area contributed by atoms with E-state index in [2.05, 4.69) is 4.90 Å². The van der Waals surface area contributed by atoms with E-state index in [0.717, 1.165) is 38.9 Å². The predicted molar refractivity (Wildman–Crippen MR) is 123 cm³/mol. The van der Waals surface area contributed by atoms with Gasteiger partial charge in [-0.2, -0.15) is 0 Å². The molecule has 1 saturated heterocycles. The topological polar surface area (TPSA) is 99.1 Å². The molecule has 8 nitrogen and oxygen atoms in total. The Bertz CT molecular complexity index is 1250. The predicted octanol–water partition coefficient (Wildman–Crippen LogP) is 4.33. The Hall–Kier alpha value is -2.66. The van der Waals surface area contributed by atoms with Gasteiger partial charge in [0, 0.05) is 31.7 Å². The number of unbranched alkanes of at least 4 members (excludes halogenated alkanes) is 1. The summed E-state index contributed by atoms with van der Waals surface area (Å²) in [4.78, 5) is 27.5. The average Bonchev–Trinajstić information content (AvgIpc) is 3.22. The smallest absolute Gasteiger partial charge is 0.408 e. The minimum Gasteiger partial charge on any atom is -0.408 e. The van der Waals surface area contributed by atoms with Gasteiger partial charge in [0.2, 0.25) is 0 Å². The molecule has 176 valence electrons. The van der Waals surface area contributed by atoms with Crippen LogP contribution in [0.2, 0.25) is 0 Å². The summed E-state index contributed by atoms with van der Waals surface area (Å²) >= 11 is 0. The highest BCUT2D eigenvalue weighted by Gasteiger charge is 2.40. The van der Waals surface area contributed by atoms with Gasteiger partial charge in [0.05, 0.1) is 16.0 Å². The highest BCUT2D eigenvalue weighted by atomic mass is 32.3. The molecule has 2 N–H and O–H groups in total. The third kappa shape index (κ3) is 3.97. The third-order valence-electron chi connectivity index (χ3n) is 6.53. The molecule has 33 heavy (non-hydrogen) atoms. The number of likely N-dealkylation sites (tertiary alicyclic amines) is 1. The lowest BCUT2D eigenvalue weighted by molar-refractivity contribution is 0.0859. The Kier molecular flexibility index (Phi) is 5.77. The van der Waals surface area contributed by atoms with Crippen LogP contribution in [0.25, 0.3) is 11.1 Å². The van der Waals surface area contributed by atoms with Crippen molar-refractivity contribution in [1.29, 1.82) is 0 Å². The van der Waals surface area contributed by atoms with Crippen molar-refractivity contribution >= 4 is 27.8 Å². The van der Waals surface area contributed by atoms with Crippen LogP contribution in [0, 0.1) is 5.82 Å². The van der Waals surface area contributed by atoms with Crippen molar-refractivity contribution in [3.8, 4) is 0 Å². The number of rotatable bonds is 6. The molecule has 1 aromatic heterocycles. The van der Waals surface area contributed by atoms with Crippen LogP contribution >= 0.6 is 10.8 Å². The molecule has 0 spiro atoms. The molecule has 1 fully saturated rings. The molecule has 5 rings (SSSR count). The van der Waals surface area contributed by atoms with Crippen LogP contribution in [0.4, 0.5) is 4.39 Å². The van der Waals surface area contributed by atoms with Crippen molar-refractivity contribution in [2.45, 2.75) is 36.6 Å². The summed E-state index contributed by atoms with van der Waals surface area (Å²) in [6.07, 6.45) is 3.04. The second-order valence-electron chi connectivity index (χ2n) is 8.55. The number of aromatic nitrogens is 1. The SMILES string of the molecule is O=C1c2ccccc2S(O)(O)N1CCCCN1CCC(n2c(=O)oc3cc(F)ccc32)CC1. The Labute approximate surface area is 191 Å². The number of fused-ring (bicyclic) bond motifs is 2. The lowest BCUT2D eigenvalue weighted by Gasteiger charge is -2.37. The van der Waals surface area contributed by atoms with Crippen molar-refractivity contribution in [2.24, 2.45) is 0 Å². The van der Waals surface area contributed by atoms with Gasteiger partial charge in [0.25, 0.3) is 5.91 Å². The van der Waals surface area contributed by atoms with E-state index in [1.54, 1.807) is 34.9 Å². The van der Waals surface area contributed by atoms with Crippen molar-refractivity contribution in [1.82, 2.24) is 13.8 Å². The highest BCUT2D eigenvalue weighted by molar-refractivity contribution is 8.23. The van der Waals surface area contributed by atoms with Gasteiger partial charge < -0.3 is 9.32 Å². The molecule has 2 aromatic carbocycles. The molecular formula is C23H26FN3O5S. The first kappa shape index (κ1) is 22.1. The molecule has 2 aliphatic rings. The summed E-state index contributed by atoms with van der Waals surface area (Å²) < 4.78 is 42.5. The minimum atomic E-state index is -3.25. The Morgan fingerprint density at radius 3 is 2.52 bits per heavy atom. The number of carbonyl (C=O) groups excluding carboxylic acids is 1. The first-order valence-corrected chi connectivity index (χ1v) is 12.6. The van der Waals surface area contributed by atoms with E-state index in [0.29, 0.717) is 28.9 Å². The molecule has 0 saturated carbocycles.